The summed E-state index contributed by atoms with van der Waals surface area (Å²) < 4.78 is 13.0. The molecule has 1 aliphatic heterocycles. The Labute approximate surface area is 186 Å². The van der Waals surface area contributed by atoms with Crippen molar-refractivity contribution >= 4 is 22.6 Å². The van der Waals surface area contributed by atoms with E-state index in [4.69, 9.17) is 21.1 Å². The molecule has 166 valence electrons. The molecule has 4 rings (SSSR count). The number of benzene rings is 2. The molecule has 3 aromatic rings. The zero-order valence-corrected chi connectivity index (χ0v) is 18.1. The second-order valence-corrected chi connectivity index (χ2v) is 8.32. The Morgan fingerprint density at radius 1 is 1.10 bits per heavy atom. The van der Waals surface area contributed by atoms with Gasteiger partial charge in [0.2, 0.25) is 0 Å². The fraction of sp³-hybridized carbons (Fsp3) is 0.435. The first kappa shape index (κ1) is 21.9. The van der Waals surface area contributed by atoms with Gasteiger partial charge in [-0.15, -0.1) is 0 Å². The van der Waals surface area contributed by atoms with Gasteiger partial charge in [0.25, 0.3) is 0 Å². The molecular weight excluding hydrogens is 418 g/mol. The largest absolute Gasteiger partial charge is 0.491 e. The maximum absolute atomic E-state index is 12.4. The van der Waals surface area contributed by atoms with Crippen LogP contribution < -0.4 is 10.4 Å². The molecule has 7 nitrogen and oxygen atoms in total. The number of aromatic nitrogens is 2. The number of aliphatic hydroxyl groups is 1. The normalized spacial score (nSPS) is 16.6. The SMILES string of the molecule is O=c1[nH]c2ccccc2n1C1CCN(CC(O)COCCOc2ccc(Cl)cc2)CC1. The van der Waals surface area contributed by atoms with Gasteiger partial charge in [0.15, 0.2) is 0 Å². The number of halogens is 1. The number of β-amino-alcohol motifs (C(OH)–C–C–N with tert-alkyl or cyclic N) is 1. The van der Waals surface area contributed by atoms with E-state index in [2.05, 4.69) is 9.88 Å². The van der Waals surface area contributed by atoms with Crippen molar-refractivity contribution in [3.63, 3.8) is 0 Å². The van der Waals surface area contributed by atoms with Crippen LogP contribution in [0.2, 0.25) is 5.02 Å². The van der Waals surface area contributed by atoms with Gasteiger partial charge in [0.05, 0.1) is 30.4 Å². The smallest absolute Gasteiger partial charge is 0.326 e. The Balaban J connectivity index is 1.16. The molecule has 1 unspecified atom stereocenters. The van der Waals surface area contributed by atoms with Crippen LogP contribution in [0.4, 0.5) is 0 Å². The standard InChI is InChI=1S/C23H28ClN3O4/c24-17-5-7-20(8-6-17)31-14-13-30-16-19(28)15-26-11-9-18(10-12-26)27-22-4-2-1-3-21(22)25-23(27)29/h1-8,18-19,28H,9-16H2,(H,25,29). The van der Waals surface area contributed by atoms with Gasteiger partial charge in [0, 0.05) is 30.7 Å². The summed E-state index contributed by atoms with van der Waals surface area (Å²) in [5.74, 6) is 0.741. The van der Waals surface area contributed by atoms with E-state index in [1.807, 2.05) is 41.0 Å². The van der Waals surface area contributed by atoms with Gasteiger partial charge >= 0.3 is 5.69 Å². The molecule has 2 N–H and O–H groups in total. The van der Waals surface area contributed by atoms with Crippen LogP contribution in [0, 0.1) is 0 Å². The van der Waals surface area contributed by atoms with Crippen LogP contribution in [0.3, 0.4) is 0 Å². The molecule has 1 aromatic heterocycles. The third-order valence-corrected chi connectivity index (χ3v) is 5.89. The van der Waals surface area contributed by atoms with E-state index in [-0.39, 0.29) is 18.3 Å². The molecule has 0 spiro atoms. The second kappa shape index (κ2) is 10.3. The first-order chi connectivity index (χ1) is 15.1. The van der Waals surface area contributed by atoms with E-state index in [0.29, 0.717) is 24.8 Å². The van der Waals surface area contributed by atoms with Gasteiger partial charge in [-0.3, -0.25) is 4.57 Å². The zero-order chi connectivity index (χ0) is 21.6. The molecule has 1 saturated heterocycles. The summed E-state index contributed by atoms with van der Waals surface area (Å²) in [7, 11) is 0. The average Bonchev–Trinajstić information content (AvgIpc) is 3.11. The number of para-hydroxylation sites is 2. The van der Waals surface area contributed by atoms with Crippen LogP contribution in [0.25, 0.3) is 11.0 Å². The summed E-state index contributed by atoms with van der Waals surface area (Å²) in [5, 5.41) is 11.0. The summed E-state index contributed by atoms with van der Waals surface area (Å²) in [5.41, 5.74) is 1.79. The van der Waals surface area contributed by atoms with Crippen LogP contribution in [0.15, 0.2) is 53.3 Å². The van der Waals surface area contributed by atoms with Crippen molar-refractivity contribution < 1.29 is 14.6 Å². The molecule has 2 heterocycles. The Hall–Kier alpha value is -2.32. The highest BCUT2D eigenvalue weighted by molar-refractivity contribution is 6.30. The van der Waals surface area contributed by atoms with Crippen molar-refractivity contribution in [2.24, 2.45) is 0 Å². The molecule has 1 aliphatic rings. The van der Waals surface area contributed by atoms with Crippen molar-refractivity contribution in [2.75, 3.05) is 39.5 Å². The van der Waals surface area contributed by atoms with Gasteiger partial charge in [-0.05, 0) is 49.2 Å². The highest BCUT2D eigenvalue weighted by Crippen LogP contribution is 2.24. The number of piperidine rings is 1. The fourth-order valence-electron chi connectivity index (χ4n) is 4.12. The summed E-state index contributed by atoms with van der Waals surface area (Å²) in [6.07, 6.45) is 1.21. The molecule has 0 radical (unpaired) electrons. The van der Waals surface area contributed by atoms with E-state index in [0.717, 1.165) is 42.7 Å². The topological polar surface area (TPSA) is 79.7 Å². The first-order valence-corrected chi connectivity index (χ1v) is 11.0. The van der Waals surface area contributed by atoms with Gasteiger partial charge in [-0.25, -0.2) is 4.79 Å². The molecule has 1 fully saturated rings. The third kappa shape index (κ3) is 5.68. The molecule has 8 heteroatoms. The number of aromatic amines is 1. The van der Waals surface area contributed by atoms with Crippen LogP contribution in [0.1, 0.15) is 18.9 Å². The number of hydrogen-bond donors (Lipinski definition) is 2. The predicted octanol–water partition coefficient (Wildman–Crippen LogP) is 3.08. The number of nitrogens with one attached hydrogen (secondary N) is 1. The van der Waals surface area contributed by atoms with Crippen molar-refractivity contribution in [3.05, 3.63) is 64.0 Å². The van der Waals surface area contributed by atoms with Gasteiger partial charge < -0.3 is 24.5 Å². The monoisotopic (exact) mass is 445 g/mol. The zero-order valence-electron chi connectivity index (χ0n) is 17.4. The number of nitrogens with zero attached hydrogens (tertiary/aromatic N) is 2. The van der Waals surface area contributed by atoms with Crippen molar-refractivity contribution in [2.45, 2.75) is 25.0 Å². The lowest BCUT2D eigenvalue weighted by Crippen LogP contribution is -2.41. The number of ether oxygens (including phenoxy) is 2. The van der Waals surface area contributed by atoms with Gasteiger partial charge in [-0.1, -0.05) is 23.7 Å². The van der Waals surface area contributed by atoms with Crippen molar-refractivity contribution in [1.82, 2.24) is 14.5 Å². The van der Waals surface area contributed by atoms with Crippen LogP contribution >= 0.6 is 11.6 Å². The number of imidazole rings is 1. The lowest BCUT2D eigenvalue weighted by Gasteiger charge is -2.33. The van der Waals surface area contributed by atoms with E-state index < -0.39 is 6.10 Å². The molecule has 0 saturated carbocycles. The summed E-state index contributed by atoms with van der Waals surface area (Å²) in [6, 6.07) is 15.2. The lowest BCUT2D eigenvalue weighted by atomic mass is 10.0. The first-order valence-electron chi connectivity index (χ1n) is 10.7. The van der Waals surface area contributed by atoms with Crippen molar-refractivity contribution in [3.8, 4) is 5.75 Å². The van der Waals surface area contributed by atoms with Crippen LogP contribution in [0.5, 0.6) is 5.75 Å². The average molecular weight is 446 g/mol. The molecule has 0 bridgehead atoms. The van der Waals surface area contributed by atoms with Gasteiger partial charge in [0.1, 0.15) is 12.4 Å². The summed E-state index contributed by atoms with van der Waals surface area (Å²) in [4.78, 5) is 17.6. The molecular formula is C23H28ClN3O4. The maximum atomic E-state index is 12.4. The number of hydrogen-bond acceptors (Lipinski definition) is 5. The minimum absolute atomic E-state index is 0.0473. The molecule has 1 atom stereocenters. The minimum Gasteiger partial charge on any atom is -0.491 e. The van der Waals surface area contributed by atoms with Crippen LogP contribution in [-0.2, 0) is 4.74 Å². The van der Waals surface area contributed by atoms with Crippen LogP contribution in [-0.4, -0.2) is 65.1 Å². The quantitative estimate of drug-likeness (QED) is 0.495. The molecule has 0 aliphatic carbocycles. The van der Waals surface area contributed by atoms with E-state index in [1.54, 1.807) is 12.1 Å². The van der Waals surface area contributed by atoms with E-state index in [1.165, 1.54) is 0 Å². The lowest BCUT2D eigenvalue weighted by molar-refractivity contribution is 0.00327. The number of fused-ring (bicyclic) bond motifs is 1. The summed E-state index contributed by atoms with van der Waals surface area (Å²) in [6.45, 7) is 3.34. The minimum atomic E-state index is -0.553. The second-order valence-electron chi connectivity index (χ2n) is 7.88. The highest BCUT2D eigenvalue weighted by atomic mass is 35.5. The van der Waals surface area contributed by atoms with E-state index >= 15 is 0 Å². The third-order valence-electron chi connectivity index (χ3n) is 5.64. The number of likely N-dealkylation sites (tertiary alicyclic amines) is 1. The highest BCUT2D eigenvalue weighted by Gasteiger charge is 2.24. The predicted molar refractivity (Wildman–Crippen MR) is 121 cm³/mol. The molecule has 2 aromatic carbocycles. The molecule has 0 amide bonds. The Kier molecular flexibility index (Phi) is 7.29. The maximum Gasteiger partial charge on any atom is 0.326 e. The fourth-order valence-corrected chi connectivity index (χ4v) is 4.24. The Morgan fingerprint density at radius 3 is 2.61 bits per heavy atom. The van der Waals surface area contributed by atoms with Crippen molar-refractivity contribution in [1.29, 1.82) is 0 Å². The van der Waals surface area contributed by atoms with E-state index in [9.17, 15) is 9.90 Å². The Bertz CT molecular complexity index is 1030. The number of aliphatic hydroxyl groups excluding tert-OH is 1. The Morgan fingerprint density at radius 2 is 1.84 bits per heavy atom. The summed E-state index contributed by atoms with van der Waals surface area (Å²) >= 11 is 5.85. The van der Waals surface area contributed by atoms with Gasteiger partial charge in [-0.2, -0.15) is 0 Å². The molecule has 31 heavy (non-hydrogen) atoms. The number of H-pyrrole nitrogens is 1. The number of rotatable bonds is 9.